The van der Waals surface area contributed by atoms with Crippen molar-refractivity contribution >= 4 is 23.0 Å². The van der Waals surface area contributed by atoms with Crippen LogP contribution in [0.4, 0.5) is 36.2 Å². The summed E-state index contributed by atoms with van der Waals surface area (Å²) < 4.78 is 40.9. The van der Waals surface area contributed by atoms with Crippen molar-refractivity contribution in [3.05, 3.63) is 71.5 Å². The van der Waals surface area contributed by atoms with Gasteiger partial charge in [-0.2, -0.15) is 13.2 Å². The maximum Gasteiger partial charge on any atom is 0.434 e. The zero-order valence-electron chi connectivity index (χ0n) is 18.3. The zero-order chi connectivity index (χ0) is 22.7. The van der Waals surface area contributed by atoms with Crippen LogP contribution >= 0.6 is 0 Å². The number of anilines is 4. The number of rotatable bonds is 3. The number of hydrogen-bond acceptors (Lipinski definition) is 4. The Hall–Kier alpha value is -3.09. The Kier molecular flexibility index (Phi) is 4.69. The first kappa shape index (κ1) is 20.8. The number of benzene rings is 2. The molecule has 0 N–H and O–H groups in total. The Bertz CT molecular complexity index is 1170. The molecule has 2 aliphatic heterocycles. The minimum atomic E-state index is -4.56. The third-order valence-electron chi connectivity index (χ3n) is 7.10. The molecule has 4 nitrogen and oxygen atoms in total. The Morgan fingerprint density at radius 2 is 1.56 bits per heavy atom. The molecule has 0 saturated heterocycles. The predicted octanol–water partition coefficient (Wildman–Crippen LogP) is 6.78. The molecule has 166 valence electrons. The summed E-state index contributed by atoms with van der Waals surface area (Å²) in [7, 11) is 0. The molecular formula is C25H25F3N4. The first-order chi connectivity index (χ1) is 15.3. The summed E-state index contributed by atoms with van der Waals surface area (Å²) in [5.74, 6) is 0.742. The average molecular weight is 438 g/mol. The van der Waals surface area contributed by atoms with E-state index in [1.807, 2.05) is 54.3 Å². The van der Waals surface area contributed by atoms with Crippen molar-refractivity contribution in [1.29, 1.82) is 0 Å². The number of para-hydroxylation sites is 2. The number of hydrogen-bond donors (Lipinski definition) is 0. The molecular weight excluding hydrogens is 413 g/mol. The van der Waals surface area contributed by atoms with Crippen molar-refractivity contribution in [2.45, 2.75) is 52.4 Å². The van der Waals surface area contributed by atoms with E-state index in [4.69, 9.17) is 0 Å². The summed E-state index contributed by atoms with van der Waals surface area (Å²) in [5.41, 5.74) is 2.87. The van der Waals surface area contributed by atoms with Gasteiger partial charge in [0, 0.05) is 16.8 Å². The lowest BCUT2D eigenvalue weighted by Gasteiger charge is -2.50. The zero-order valence-corrected chi connectivity index (χ0v) is 18.3. The predicted molar refractivity (Wildman–Crippen MR) is 119 cm³/mol. The largest absolute Gasteiger partial charge is 0.434 e. The van der Waals surface area contributed by atoms with Gasteiger partial charge < -0.3 is 9.80 Å². The van der Waals surface area contributed by atoms with Gasteiger partial charge >= 0.3 is 6.18 Å². The van der Waals surface area contributed by atoms with Crippen LogP contribution in [0.25, 0.3) is 0 Å². The van der Waals surface area contributed by atoms with Crippen LogP contribution in [0.15, 0.2) is 54.7 Å². The number of halogens is 3. The summed E-state index contributed by atoms with van der Waals surface area (Å²) in [6, 6.07) is 15.9. The summed E-state index contributed by atoms with van der Waals surface area (Å²) in [6.07, 6.45) is -1.32. The van der Waals surface area contributed by atoms with Crippen molar-refractivity contribution < 1.29 is 13.2 Å². The highest BCUT2D eigenvalue weighted by Crippen LogP contribution is 2.57. The second-order valence-corrected chi connectivity index (χ2v) is 8.68. The van der Waals surface area contributed by atoms with E-state index in [2.05, 4.69) is 34.8 Å². The minimum Gasteiger partial charge on any atom is -0.301 e. The summed E-state index contributed by atoms with van der Waals surface area (Å²) in [5, 5.41) is 0. The second-order valence-electron chi connectivity index (χ2n) is 8.68. The van der Waals surface area contributed by atoms with Gasteiger partial charge in [0.2, 0.25) is 0 Å². The van der Waals surface area contributed by atoms with Crippen molar-refractivity contribution in [3.63, 3.8) is 0 Å². The Morgan fingerprint density at radius 1 is 0.938 bits per heavy atom. The lowest BCUT2D eigenvalue weighted by molar-refractivity contribution is -0.141. The third kappa shape index (κ3) is 2.90. The lowest BCUT2D eigenvalue weighted by Crippen LogP contribution is -2.55. The maximum atomic E-state index is 13.6. The van der Waals surface area contributed by atoms with E-state index >= 15 is 0 Å². The van der Waals surface area contributed by atoms with E-state index in [1.165, 1.54) is 5.56 Å². The van der Waals surface area contributed by atoms with Crippen molar-refractivity contribution in [2.24, 2.45) is 5.41 Å². The van der Waals surface area contributed by atoms with E-state index in [1.54, 1.807) is 0 Å². The molecule has 3 aromatic rings. The van der Waals surface area contributed by atoms with Crippen molar-refractivity contribution in [2.75, 3.05) is 9.80 Å². The molecule has 1 atom stereocenters. The van der Waals surface area contributed by atoms with Crippen LogP contribution in [0.2, 0.25) is 0 Å². The van der Waals surface area contributed by atoms with Crippen LogP contribution in [0.3, 0.4) is 0 Å². The molecule has 7 heteroatoms. The lowest BCUT2D eigenvalue weighted by atomic mass is 9.70. The van der Waals surface area contributed by atoms with Gasteiger partial charge in [0.1, 0.15) is 6.17 Å². The fourth-order valence-corrected chi connectivity index (χ4v) is 5.29. The van der Waals surface area contributed by atoms with E-state index < -0.39 is 11.9 Å². The van der Waals surface area contributed by atoms with Gasteiger partial charge in [-0.25, -0.2) is 9.97 Å². The molecule has 0 aliphatic carbocycles. The van der Waals surface area contributed by atoms with Gasteiger partial charge in [-0.1, -0.05) is 50.2 Å². The highest BCUT2D eigenvalue weighted by Gasteiger charge is 2.54. The van der Waals surface area contributed by atoms with Crippen LogP contribution in [0.1, 0.15) is 43.5 Å². The molecule has 0 bridgehead atoms. The van der Waals surface area contributed by atoms with Gasteiger partial charge in [0.25, 0.3) is 0 Å². The van der Waals surface area contributed by atoms with Crippen molar-refractivity contribution in [1.82, 2.24) is 9.97 Å². The highest BCUT2D eigenvalue weighted by molar-refractivity contribution is 5.86. The number of aryl methyl sites for hydroxylation is 1. The molecule has 0 saturated carbocycles. The molecule has 5 rings (SSSR count). The van der Waals surface area contributed by atoms with E-state index in [9.17, 15) is 13.2 Å². The van der Waals surface area contributed by atoms with E-state index in [0.29, 0.717) is 5.82 Å². The first-order valence-corrected chi connectivity index (χ1v) is 11.0. The monoisotopic (exact) mass is 438 g/mol. The van der Waals surface area contributed by atoms with Crippen LogP contribution in [0.5, 0.6) is 0 Å². The first-order valence-electron chi connectivity index (χ1n) is 11.0. The van der Waals surface area contributed by atoms with E-state index in [0.717, 1.165) is 42.4 Å². The molecule has 3 heterocycles. The molecule has 0 fully saturated rings. The molecule has 2 aliphatic rings. The van der Waals surface area contributed by atoms with Crippen LogP contribution in [-0.4, -0.2) is 16.1 Å². The molecule has 32 heavy (non-hydrogen) atoms. The van der Waals surface area contributed by atoms with E-state index in [-0.39, 0.29) is 17.4 Å². The molecule has 1 unspecified atom stereocenters. The minimum absolute atomic E-state index is 0.183. The van der Waals surface area contributed by atoms with Crippen LogP contribution in [0, 0.1) is 12.3 Å². The number of fused-ring (bicyclic) bond motifs is 5. The van der Waals surface area contributed by atoms with Crippen LogP contribution in [-0.2, 0) is 12.6 Å². The summed E-state index contributed by atoms with van der Waals surface area (Å²) in [6.45, 7) is 6.31. The van der Waals surface area contributed by atoms with Gasteiger partial charge in [-0.3, -0.25) is 0 Å². The quantitative estimate of drug-likeness (QED) is 0.451. The summed E-state index contributed by atoms with van der Waals surface area (Å²) in [4.78, 5) is 12.6. The van der Waals surface area contributed by atoms with Gasteiger partial charge in [-0.15, -0.1) is 0 Å². The normalized spacial score (nSPS) is 18.9. The number of alkyl halides is 3. The molecule has 0 amide bonds. The Labute approximate surface area is 185 Å². The van der Waals surface area contributed by atoms with Gasteiger partial charge in [-0.05, 0) is 49.4 Å². The molecule has 1 aromatic heterocycles. The average Bonchev–Trinajstić information content (AvgIpc) is 3.13. The standard InChI is InChI=1S/C25H25F3N4/c1-4-24(5-2)14-17-11-7-9-13-19(17)32-21-22(30-20(15-29-21)25(26,27)28)31(23(24)32)18-12-8-6-10-16(18)3/h6-13,15,23H,4-5,14H2,1-3H3. The fraction of sp³-hybridized carbons (Fsp3) is 0.360. The topological polar surface area (TPSA) is 32.3 Å². The summed E-state index contributed by atoms with van der Waals surface area (Å²) >= 11 is 0. The molecule has 2 aromatic carbocycles. The number of nitrogens with zero attached hydrogens (tertiary/aromatic N) is 4. The molecule has 0 spiro atoms. The third-order valence-corrected chi connectivity index (χ3v) is 7.10. The number of aromatic nitrogens is 2. The molecule has 0 radical (unpaired) electrons. The van der Waals surface area contributed by atoms with Gasteiger partial charge in [0.15, 0.2) is 17.3 Å². The smallest absolute Gasteiger partial charge is 0.301 e. The maximum absolute atomic E-state index is 13.6. The van der Waals surface area contributed by atoms with Crippen LogP contribution < -0.4 is 9.80 Å². The van der Waals surface area contributed by atoms with Gasteiger partial charge in [0.05, 0.1) is 6.20 Å². The highest BCUT2D eigenvalue weighted by atomic mass is 19.4. The fourth-order valence-electron chi connectivity index (χ4n) is 5.29. The Morgan fingerprint density at radius 3 is 2.22 bits per heavy atom. The second kappa shape index (κ2) is 7.22. The van der Waals surface area contributed by atoms with Crippen molar-refractivity contribution in [3.8, 4) is 0 Å². The Balaban J connectivity index is 1.84. The SMILES string of the molecule is CCC1(CC)Cc2ccccc2N2c3ncc(C(F)(F)F)nc3N(c3ccccc3C)C21.